The Hall–Kier alpha value is -1.10. The number of nitrogens with zero attached hydrogens (tertiary/aromatic N) is 4. The van der Waals surface area contributed by atoms with Crippen molar-refractivity contribution in [3.63, 3.8) is 0 Å². The van der Waals surface area contributed by atoms with Crippen molar-refractivity contribution < 1.29 is 0 Å². The second-order valence-electron chi connectivity index (χ2n) is 3.82. The lowest BCUT2D eigenvalue weighted by Crippen LogP contribution is -2.03. The maximum absolute atomic E-state index is 4.62. The van der Waals surface area contributed by atoms with E-state index in [2.05, 4.69) is 26.5 Å². The standard InChI is InChI=1S/C11H16N4S/c1-5-6-9-12-7(2)10-8(3)13-14-11(16-4)15(9)10/h5-6H2,1-4H3. The van der Waals surface area contributed by atoms with Crippen LogP contribution in [0, 0.1) is 13.8 Å². The summed E-state index contributed by atoms with van der Waals surface area (Å²) in [6.45, 7) is 6.18. The Morgan fingerprint density at radius 3 is 2.56 bits per heavy atom. The van der Waals surface area contributed by atoms with Crippen molar-refractivity contribution >= 4 is 17.3 Å². The van der Waals surface area contributed by atoms with Crippen LogP contribution in [-0.2, 0) is 6.42 Å². The van der Waals surface area contributed by atoms with Gasteiger partial charge in [-0.3, -0.25) is 4.40 Å². The minimum absolute atomic E-state index is 0.921. The zero-order valence-corrected chi connectivity index (χ0v) is 10.9. The highest BCUT2D eigenvalue weighted by molar-refractivity contribution is 7.98. The molecule has 16 heavy (non-hydrogen) atoms. The van der Waals surface area contributed by atoms with E-state index in [1.165, 1.54) is 0 Å². The first-order valence-corrected chi connectivity index (χ1v) is 6.66. The van der Waals surface area contributed by atoms with Crippen LogP contribution in [0.5, 0.6) is 0 Å². The highest BCUT2D eigenvalue weighted by Gasteiger charge is 2.14. The first kappa shape index (κ1) is 11.4. The Labute approximate surface area is 99.5 Å². The molecule has 0 aliphatic carbocycles. The molecule has 2 heterocycles. The quantitative estimate of drug-likeness (QED) is 0.768. The van der Waals surface area contributed by atoms with E-state index < -0.39 is 0 Å². The lowest BCUT2D eigenvalue weighted by atomic mass is 10.3. The zero-order chi connectivity index (χ0) is 11.7. The lowest BCUT2D eigenvalue weighted by molar-refractivity contribution is 0.732. The van der Waals surface area contributed by atoms with Gasteiger partial charge < -0.3 is 0 Å². The number of rotatable bonds is 3. The Morgan fingerprint density at radius 1 is 1.19 bits per heavy atom. The third kappa shape index (κ3) is 1.69. The first-order valence-electron chi connectivity index (χ1n) is 5.44. The summed E-state index contributed by atoms with van der Waals surface area (Å²) in [6, 6.07) is 0. The van der Waals surface area contributed by atoms with Crippen LogP contribution in [0.1, 0.15) is 30.6 Å². The van der Waals surface area contributed by atoms with Crippen molar-refractivity contribution in [1.82, 2.24) is 19.6 Å². The van der Waals surface area contributed by atoms with Crippen LogP contribution in [0.25, 0.3) is 5.52 Å². The van der Waals surface area contributed by atoms with Gasteiger partial charge in [-0.15, -0.1) is 5.10 Å². The molecule has 0 aliphatic heterocycles. The number of hydrogen-bond donors (Lipinski definition) is 0. The lowest BCUT2D eigenvalue weighted by Gasteiger charge is -2.05. The maximum atomic E-state index is 4.62. The Balaban J connectivity index is 2.78. The van der Waals surface area contributed by atoms with Gasteiger partial charge in [0.15, 0.2) is 5.16 Å². The Bertz CT molecular complexity index is 518. The van der Waals surface area contributed by atoms with E-state index in [0.717, 1.165) is 40.7 Å². The molecule has 0 N–H and O–H groups in total. The van der Waals surface area contributed by atoms with Gasteiger partial charge in [-0.1, -0.05) is 18.7 Å². The van der Waals surface area contributed by atoms with Crippen molar-refractivity contribution in [2.24, 2.45) is 0 Å². The molecule has 0 atom stereocenters. The molecule has 4 nitrogen and oxygen atoms in total. The number of hydrogen-bond acceptors (Lipinski definition) is 4. The van der Waals surface area contributed by atoms with Crippen LogP contribution in [-0.4, -0.2) is 25.8 Å². The van der Waals surface area contributed by atoms with Gasteiger partial charge in [0.05, 0.1) is 16.9 Å². The largest absolute Gasteiger partial charge is 0.272 e. The number of imidazole rings is 1. The molecule has 0 bridgehead atoms. The summed E-state index contributed by atoms with van der Waals surface area (Å²) in [4.78, 5) is 4.62. The summed E-state index contributed by atoms with van der Waals surface area (Å²) in [6.07, 6.45) is 4.09. The molecule has 0 spiro atoms. The fourth-order valence-electron chi connectivity index (χ4n) is 1.95. The zero-order valence-electron chi connectivity index (χ0n) is 10.1. The molecule has 2 aromatic rings. The van der Waals surface area contributed by atoms with Gasteiger partial charge in [-0.2, -0.15) is 5.10 Å². The van der Waals surface area contributed by atoms with Crippen LogP contribution < -0.4 is 0 Å². The fourth-order valence-corrected chi connectivity index (χ4v) is 2.45. The molecule has 0 saturated heterocycles. The molecule has 0 aliphatic rings. The molecule has 86 valence electrons. The minimum Gasteiger partial charge on any atom is -0.272 e. The van der Waals surface area contributed by atoms with Crippen LogP contribution in [0.2, 0.25) is 0 Å². The van der Waals surface area contributed by atoms with Gasteiger partial charge >= 0.3 is 0 Å². The summed E-state index contributed by atoms with van der Waals surface area (Å²) in [5.74, 6) is 1.09. The normalized spacial score (nSPS) is 11.2. The van der Waals surface area contributed by atoms with Gasteiger partial charge in [0, 0.05) is 6.42 Å². The van der Waals surface area contributed by atoms with E-state index in [4.69, 9.17) is 0 Å². The predicted octanol–water partition coefficient (Wildman–Crippen LogP) is 2.42. The van der Waals surface area contributed by atoms with Crippen molar-refractivity contribution in [1.29, 1.82) is 0 Å². The second-order valence-corrected chi connectivity index (χ2v) is 4.59. The highest BCUT2D eigenvalue weighted by Crippen LogP contribution is 2.21. The number of thioether (sulfide) groups is 1. The average Bonchev–Trinajstić information content (AvgIpc) is 2.59. The molecule has 2 rings (SSSR count). The van der Waals surface area contributed by atoms with Crippen molar-refractivity contribution in [2.45, 2.75) is 38.8 Å². The number of aryl methyl sites for hydroxylation is 3. The molecular weight excluding hydrogens is 220 g/mol. The van der Waals surface area contributed by atoms with E-state index in [0.29, 0.717) is 0 Å². The first-order chi connectivity index (χ1) is 7.69. The summed E-state index contributed by atoms with van der Waals surface area (Å²) in [5.41, 5.74) is 3.11. The van der Waals surface area contributed by atoms with Gasteiger partial charge in [0.2, 0.25) is 0 Å². The summed E-state index contributed by atoms with van der Waals surface area (Å²) < 4.78 is 2.14. The maximum Gasteiger partial charge on any atom is 0.195 e. The van der Waals surface area contributed by atoms with Crippen molar-refractivity contribution in [3.8, 4) is 0 Å². The number of fused-ring (bicyclic) bond motifs is 1. The fraction of sp³-hybridized carbons (Fsp3) is 0.545. The van der Waals surface area contributed by atoms with Crippen LogP contribution in [0.4, 0.5) is 0 Å². The van der Waals surface area contributed by atoms with Gasteiger partial charge in [-0.25, -0.2) is 4.98 Å². The van der Waals surface area contributed by atoms with Crippen molar-refractivity contribution in [2.75, 3.05) is 6.26 Å². The molecule has 0 amide bonds. The monoisotopic (exact) mass is 236 g/mol. The van der Waals surface area contributed by atoms with E-state index in [-0.39, 0.29) is 0 Å². The molecule has 2 aromatic heterocycles. The smallest absolute Gasteiger partial charge is 0.195 e. The third-order valence-corrected chi connectivity index (χ3v) is 3.23. The summed E-state index contributed by atoms with van der Waals surface area (Å²) in [7, 11) is 0. The SMILES string of the molecule is CCCc1nc(C)c2c(C)nnc(SC)n12. The topological polar surface area (TPSA) is 43.1 Å². The average molecular weight is 236 g/mol. The van der Waals surface area contributed by atoms with E-state index in [1.54, 1.807) is 11.8 Å². The van der Waals surface area contributed by atoms with Crippen LogP contribution in [0.15, 0.2) is 5.16 Å². The molecule has 0 radical (unpaired) electrons. The van der Waals surface area contributed by atoms with Gasteiger partial charge in [0.25, 0.3) is 0 Å². The minimum atomic E-state index is 0.921. The Morgan fingerprint density at radius 2 is 1.94 bits per heavy atom. The van der Waals surface area contributed by atoms with E-state index >= 15 is 0 Å². The third-order valence-electron chi connectivity index (χ3n) is 2.60. The molecule has 0 aromatic carbocycles. The highest BCUT2D eigenvalue weighted by atomic mass is 32.2. The summed E-state index contributed by atoms with van der Waals surface area (Å²) >= 11 is 1.61. The van der Waals surface area contributed by atoms with E-state index in [1.807, 2.05) is 20.1 Å². The van der Waals surface area contributed by atoms with Crippen LogP contribution in [0.3, 0.4) is 0 Å². The molecule has 0 fully saturated rings. The second kappa shape index (κ2) is 4.41. The van der Waals surface area contributed by atoms with E-state index in [9.17, 15) is 0 Å². The Kier molecular flexibility index (Phi) is 3.14. The number of aromatic nitrogens is 4. The summed E-state index contributed by atoms with van der Waals surface area (Å²) in [5, 5.41) is 9.32. The molecule has 0 unspecified atom stereocenters. The molecule has 5 heteroatoms. The van der Waals surface area contributed by atoms with Gasteiger partial charge in [0.1, 0.15) is 5.82 Å². The van der Waals surface area contributed by atoms with Crippen molar-refractivity contribution in [3.05, 3.63) is 17.2 Å². The van der Waals surface area contributed by atoms with Crippen LogP contribution >= 0.6 is 11.8 Å². The van der Waals surface area contributed by atoms with Gasteiger partial charge in [-0.05, 0) is 26.5 Å². The molecular formula is C11H16N4S. The predicted molar refractivity (Wildman–Crippen MR) is 66.0 cm³/mol. The molecule has 0 saturated carbocycles.